The number of carbonyl (C=O) groups excluding carboxylic acids is 2. The lowest BCUT2D eigenvalue weighted by Gasteiger charge is -2.27. The Morgan fingerprint density at radius 2 is 1.74 bits per heavy atom. The van der Waals surface area contributed by atoms with Crippen LogP contribution in [0.1, 0.15) is 34.6 Å². The molecule has 0 N–H and O–H groups in total. The molecule has 0 aromatic carbocycles. The molecular formula is C15H24O8. The molecule has 8 heteroatoms. The fourth-order valence-corrected chi connectivity index (χ4v) is 2.76. The van der Waals surface area contributed by atoms with E-state index in [4.69, 9.17) is 28.4 Å². The molecule has 0 amide bonds. The van der Waals surface area contributed by atoms with Crippen molar-refractivity contribution >= 4 is 11.9 Å². The highest BCUT2D eigenvalue weighted by atomic mass is 16.8. The molecule has 0 saturated carbocycles. The zero-order valence-corrected chi connectivity index (χ0v) is 14.3. The largest absolute Gasteiger partial charge is 0.466 e. The van der Waals surface area contributed by atoms with Gasteiger partial charge in [0.25, 0.3) is 0 Å². The van der Waals surface area contributed by atoms with E-state index < -0.39 is 47.9 Å². The summed E-state index contributed by atoms with van der Waals surface area (Å²) in [6.45, 7) is 8.48. The van der Waals surface area contributed by atoms with E-state index in [9.17, 15) is 9.59 Å². The molecule has 4 atom stereocenters. The minimum atomic E-state index is -1.24. The maximum Gasteiger partial charge on any atom is 0.350 e. The predicted octanol–water partition coefficient (Wildman–Crippen LogP) is 0.763. The lowest BCUT2D eigenvalue weighted by Crippen LogP contribution is -2.49. The number of carbonyl (C=O) groups is 2. The number of rotatable bonds is 4. The highest BCUT2D eigenvalue weighted by Gasteiger charge is 2.55. The Labute approximate surface area is 135 Å². The van der Waals surface area contributed by atoms with E-state index in [1.54, 1.807) is 27.7 Å². The molecule has 23 heavy (non-hydrogen) atoms. The van der Waals surface area contributed by atoms with Gasteiger partial charge in [0, 0.05) is 6.92 Å². The normalized spacial score (nSPS) is 33.2. The third kappa shape index (κ3) is 4.20. The average molecular weight is 332 g/mol. The number of ether oxygens (including phenoxy) is 6. The van der Waals surface area contributed by atoms with Gasteiger partial charge >= 0.3 is 11.9 Å². The van der Waals surface area contributed by atoms with Gasteiger partial charge in [-0.25, -0.2) is 4.79 Å². The van der Waals surface area contributed by atoms with Gasteiger partial charge in [0.15, 0.2) is 11.6 Å². The molecule has 0 radical (unpaired) electrons. The first-order valence-electron chi connectivity index (χ1n) is 7.47. The summed E-state index contributed by atoms with van der Waals surface area (Å²) in [5.74, 6) is -3.04. The molecule has 8 nitrogen and oxygen atoms in total. The summed E-state index contributed by atoms with van der Waals surface area (Å²) in [5, 5.41) is 0. The van der Waals surface area contributed by atoms with Crippen molar-refractivity contribution in [3.8, 4) is 0 Å². The average Bonchev–Trinajstić information content (AvgIpc) is 2.94. The SMILES string of the molecule is COC(=O)[C@@H](OC(C)=O)[C@@H]1OC(C)(C)O[C@H]1[C@H]1COC(C)(C)O1. The highest BCUT2D eigenvalue weighted by molar-refractivity contribution is 5.79. The number of hydrogen-bond acceptors (Lipinski definition) is 8. The molecule has 2 heterocycles. The van der Waals surface area contributed by atoms with Crippen LogP contribution in [0.25, 0.3) is 0 Å². The molecule has 0 aromatic heterocycles. The molecule has 2 saturated heterocycles. The van der Waals surface area contributed by atoms with Crippen LogP contribution < -0.4 is 0 Å². The first kappa shape index (κ1) is 18.1. The van der Waals surface area contributed by atoms with Gasteiger partial charge in [-0.15, -0.1) is 0 Å². The van der Waals surface area contributed by atoms with Gasteiger partial charge in [0.05, 0.1) is 13.7 Å². The third-order valence-electron chi connectivity index (χ3n) is 3.59. The first-order valence-corrected chi connectivity index (χ1v) is 7.47. The van der Waals surface area contributed by atoms with Crippen molar-refractivity contribution in [2.45, 2.75) is 70.6 Å². The molecule has 0 unspecified atom stereocenters. The number of esters is 2. The van der Waals surface area contributed by atoms with Crippen LogP contribution in [-0.2, 0) is 38.0 Å². The van der Waals surface area contributed by atoms with Crippen molar-refractivity contribution < 1.29 is 38.0 Å². The Balaban J connectivity index is 2.24. The fraction of sp³-hybridized carbons (Fsp3) is 0.867. The Morgan fingerprint density at radius 1 is 1.09 bits per heavy atom. The zero-order chi connectivity index (χ0) is 17.4. The van der Waals surface area contributed by atoms with Crippen LogP contribution in [-0.4, -0.2) is 61.6 Å². The lowest BCUT2D eigenvalue weighted by molar-refractivity contribution is -0.183. The Morgan fingerprint density at radius 3 is 2.22 bits per heavy atom. The lowest BCUT2D eigenvalue weighted by atomic mass is 10.0. The van der Waals surface area contributed by atoms with Crippen molar-refractivity contribution in [3.63, 3.8) is 0 Å². The van der Waals surface area contributed by atoms with E-state index in [-0.39, 0.29) is 6.61 Å². The minimum Gasteiger partial charge on any atom is -0.466 e. The second-order valence-electron chi connectivity index (χ2n) is 6.49. The molecule has 2 aliphatic heterocycles. The quantitative estimate of drug-likeness (QED) is 0.697. The van der Waals surface area contributed by atoms with E-state index in [1.165, 1.54) is 14.0 Å². The van der Waals surface area contributed by atoms with Crippen molar-refractivity contribution in [1.29, 1.82) is 0 Å². The molecule has 132 valence electrons. The molecule has 2 aliphatic rings. The van der Waals surface area contributed by atoms with Crippen LogP contribution in [0.15, 0.2) is 0 Å². The van der Waals surface area contributed by atoms with E-state index in [1.807, 2.05) is 0 Å². The standard InChI is InChI=1S/C15H24O8/c1-8(16)20-12(13(17)18-6)11-10(22-15(4,5)23-11)9-7-19-14(2,3)21-9/h9-12H,7H2,1-6H3/t9-,10+,11-,12+/m1/s1. The van der Waals surface area contributed by atoms with Crippen LogP contribution in [0.2, 0.25) is 0 Å². The van der Waals surface area contributed by atoms with Gasteiger partial charge in [-0.1, -0.05) is 0 Å². The Hall–Kier alpha value is -1.22. The van der Waals surface area contributed by atoms with Crippen LogP contribution >= 0.6 is 0 Å². The summed E-state index contributed by atoms with van der Waals surface area (Å²) in [6.07, 6.45) is -3.20. The van der Waals surface area contributed by atoms with Gasteiger partial charge in [-0.05, 0) is 27.7 Å². The number of methoxy groups -OCH3 is 1. The maximum absolute atomic E-state index is 12.0. The van der Waals surface area contributed by atoms with Crippen molar-refractivity contribution in [1.82, 2.24) is 0 Å². The smallest absolute Gasteiger partial charge is 0.350 e. The van der Waals surface area contributed by atoms with Crippen LogP contribution in [0.5, 0.6) is 0 Å². The molecule has 2 fully saturated rings. The maximum atomic E-state index is 12.0. The van der Waals surface area contributed by atoms with Gasteiger partial charge in [-0.2, -0.15) is 0 Å². The summed E-state index contributed by atoms with van der Waals surface area (Å²) < 4.78 is 32.8. The topological polar surface area (TPSA) is 89.5 Å². The third-order valence-corrected chi connectivity index (χ3v) is 3.59. The monoisotopic (exact) mass is 332 g/mol. The summed E-state index contributed by atoms with van der Waals surface area (Å²) in [7, 11) is 1.22. The van der Waals surface area contributed by atoms with Gasteiger partial charge in [-0.3, -0.25) is 4.79 Å². The van der Waals surface area contributed by atoms with E-state index in [0.717, 1.165) is 0 Å². The van der Waals surface area contributed by atoms with Crippen molar-refractivity contribution in [2.75, 3.05) is 13.7 Å². The van der Waals surface area contributed by atoms with Crippen LogP contribution in [0.4, 0.5) is 0 Å². The van der Waals surface area contributed by atoms with Crippen LogP contribution in [0.3, 0.4) is 0 Å². The first-order chi connectivity index (χ1) is 10.5. The molecule has 0 bridgehead atoms. The molecule has 0 aliphatic carbocycles. The van der Waals surface area contributed by atoms with Gasteiger partial charge in [0.2, 0.25) is 6.10 Å². The van der Waals surface area contributed by atoms with E-state index in [0.29, 0.717) is 0 Å². The zero-order valence-electron chi connectivity index (χ0n) is 14.3. The van der Waals surface area contributed by atoms with Crippen molar-refractivity contribution in [3.05, 3.63) is 0 Å². The van der Waals surface area contributed by atoms with E-state index in [2.05, 4.69) is 0 Å². The summed E-state index contributed by atoms with van der Waals surface area (Å²) in [5.41, 5.74) is 0. The van der Waals surface area contributed by atoms with Crippen molar-refractivity contribution in [2.24, 2.45) is 0 Å². The summed E-state index contributed by atoms with van der Waals surface area (Å²) in [4.78, 5) is 23.4. The Kier molecular flexibility index (Phi) is 5.00. The summed E-state index contributed by atoms with van der Waals surface area (Å²) in [6, 6.07) is 0. The second-order valence-corrected chi connectivity index (χ2v) is 6.49. The summed E-state index contributed by atoms with van der Waals surface area (Å²) >= 11 is 0. The number of hydrogen-bond donors (Lipinski definition) is 0. The molecule has 0 aromatic rings. The highest BCUT2D eigenvalue weighted by Crippen LogP contribution is 2.37. The predicted molar refractivity (Wildman–Crippen MR) is 76.3 cm³/mol. The molecule has 0 spiro atoms. The fourth-order valence-electron chi connectivity index (χ4n) is 2.76. The van der Waals surface area contributed by atoms with Gasteiger partial charge < -0.3 is 28.4 Å². The minimum absolute atomic E-state index is 0.279. The second kappa shape index (κ2) is 6.35. The molecule has 2 rings (SSSR count). The Bertz CT molecular complexity index is 472. The van der Waals surface area contributed by atoms with Gasteiger partial charge in [0.1, 0.15) is 18.3 Å². The molecular weight excluding hydrogens is 308 g/mol. The van der Waals surface area contributed by atoms with E-state index >= 15 is 0 Å². The van der Waals surface area contributed by atoms with Crippen LogP contribution in [0, 0.1) is 0 Å².